The number of aryl methyl sites for hydroxylation is 1. The molecule has 2 aromatic rings. The molecule has 1 aliphatic heterocycles. The molecule has 150 valence electrons. The van der Waals surface area contributed by atoms with Gasteiger partial charge < -0.3 is 15.4 Å². The number of ether oxygens (including phenoxy) is 1. The number of sulfonamides is 1. The second-order valence-electron chi connectivity index (χ2n) is 6.41. The van der Waals surface area contributed by atoms with Crippen LogP contribution < -0.4 is 10.6 Å². The minimum atomic E-state index is -3.57. The molecule has 2 aromatic carbocycles. The van der Waals surface area contributed by atoms with Crippen LogP contribution in [0.1, 0.15) is 5.56 Å². The zero-order valence-electron chi connectivity index (χ0n) is 15.4. The molecule has 0 saturated carbocycles. The van der Waals surface area contributed by atoms with Crippen molar-refractivity contribution in [3.8, 4) is 0 Å². The molecule has 0 radical (unpaired) electrons. The quantitative estimate of drug-likeness (QED) is 0.681. The third kappa shape index (κ3) is 5.11. The highest BCUT2D eigenvalue weighted by molar-refractivity contribution is 9.10. The van der Waals surface area contributed by atoms with Gasteiger partial charge in [0.05, 0.1) is 24.7 Å². The van der Waals surface area contributed by atoms with Crippen LogP contribution in [0.15, 0.2) is 51.8 Å². The lowest BCUT2D eigenvalue weighted by atomic mass is 10.2. The predicted molar refractivity (Wildman–Crippen MR) is 112 cm³/mol. The minimum Gasteiger partial charge on any atom is -0.379 e. The summed E-state index contributed by atoms with van der Waals surface area (Å²) in [6.45, 7) is 3.44. The Bertz CT molecular complexity index is 959. The molecule has 1 saturated heterocycles. The minimum absolute atomic E-state index is 0.0240. The van der Waals surface area contributed by atoms with Crippen LogP contribution in [0.3, 0.4) is 0 Å². The van der Waals surface area contributed by atoms with Crippen molar-refractivity contribution in [1.29, 1.82) is 0 Å². The number of carbonyl (C=O) groups excluding carboxylic acids is 1. The monoisotopic (exact) mass is 467 g/mol. The number of carbonyl (C=O) groups is 1. The van der Waals surface area contributed by atoms with Crippen LogP contribution in [0, 0.1) is 6.92 Å². The van der Waals surface area contributed by atoms with Crippen molar-refractivity contribution in [2.75, 3.05) is 43.5 Å². The van der Waals surface area contributed by atoms with Gasteiger partial charge in [-0.2, -0.15) is 4.31 Å². The third-order valence-corrected chi connectivity index (χ3v) is 7.12. The number of halogens is 1. The topological polar surface area (TPSA) is 87.7 Å². The highest BCUT2D eigenvalue weighted by Crippen LogP contribution is 2.21. The summed E-state index contributed by atoms with van der Waals surface area (Å²) < 4.78 is 33.1. The normalized spacial score (nSPS) is 15.2. The summed E-state index contributed by atoms with van der Waals surface area (Å²) in [5.74, 6) is -0.219. The van der Waals surface area contributed by atoms with Gasteiger partial charge in [-0.15, -0.1) is 0 Å². The summed E-state index contributed by atoms with van der Waals surface area (Å²) in [4.78, 5) is 12.4. The van der Waals surface area contributed by atoms with Crippen molar-refractivity contribution in [2.24, 2.45) is 0 Å². The van der Waals surface area contributed by atoms with Gasteiger partial charge >= 0.3 is 0 Å². The molecule has 7 nitrogen and oxygen atoms in total. The molecular formula is C19H22BrN3O4S. The molecular weight excluding hydrogens is 446 g/mol. The number of morpholine rings is 1. The second kappa shape index (κ2) is 9.04. The standard InChI is InChI=1S/C19H22BrN3O4S/c1-14-11-16(5-6-18(14)20)22-19(24)13-21-15-3-2-4-17(12-15)28(25,26)23-7-9-27-10-8-23/h2-6,11-12,21H,7-10,13H2,1H3,(H,22,24). The van der Waals surface area contributed by atoms with Crippen molar-refractivity contribution >= 4 is 43.2 Å². The molecule has 0 bridgehead atoms. The van der Waals surface area contributed by atoms with E-state index in [9.17, 15) is 13.2 Å². The Kier molecular flexibility index (Phi) is 6.71. The highest BCUT2D eigenvalue weighted by Gasteiger charge is 2.26. The van der Waals surface area contributed by atoms with Gasteiger partial charge in [0.15, 0.2) is 0 Å². The maximum Gasteiger partial charge on any atom is 0.243 e. The average molecular weight is 468 g/mol. The average Bonchev–Trinajstić information content (AvgIpc) is 2.70. The predicted octanol–water partition coefficient (Wildman–Crippen LogP) is 2.83. The van der Waals surface area contributed by atoms with Crippen LogP contribution in [-0.4, -0.2) is 51.5 Å². The molecule has 28 heavy (non-hydrogen) atoms. The number of rotatable bonds is 6. The summed E-state index contributed by atoms with van der Waals surface area (Å²) in [5, 5.41) is 5.79. The largest absolute Gasteiger partial charge is 0.379 e. The zero-order chi connectivity index (χ0) is 20.1. The number of nitrogens with one attached hydrogen (secondary N) is 2. The fourth-order valence-corrected chi connectivity index (χ4v) is 4.51. The van der Waals surface area contributed by atoms with Crippen molar-refractivity contribution in [1.82, 2.24) is 4.31 Å². The van der Waals surface area contributed by atoms with Gasteiger partial charge in [0.2, 0.25) is 15.9 Å². The lowest BCUT2D eigenvalue weighted by Gasteiger charge is -2.26. The molecule has 0 atom stereocenters. The van der Waals surface area contributed by atoms with E-state index in [-0.39, 0.29) is 17.3 Å². The number of anilines is 2. The fourth-order valence-electron chi connectivity index (χ4n) is 2.81. The van der Waals surface area contributed by atoms with E-state index in [4.69, 9.17) is 4.74 Å². The molecule has 3 rings (SSSR count). The number of hydrogen-bond donors (Lipinski definition) is 2. The molecule has 1 amide bonds. The van der Waals surface area contributed by atoms with Gasteiger partial charge in [0, 0.05) is 28.9 Å². The Morgan fingerprint density at radius 1 is 1.14 bits per heavy atom. The van der Waals surface area contributed by atoms with Gasteiger partial charge in [0.25, 0.3) is 0 Å². The SMILES string of the molecule is Cc1cc(NC(=O)CNc2cccc(S(=O)(=O)N3CCOCC3)c2)ccc1Br. The first kappa shape index (κ1) is 20.8. The van der Waals surface area contributed by atoms with Gasteiger partial charge in [-0.25, -0.2) is 8.42 Å². The van der Waals surface area contributed by atoms with Crippen LogP contribution in [-0.2, 0) is 19.6 Å². The maximum atomic E-state index is 12.7. The van der Waals surface area contributed by atoms with E-state index in [1.54, 1.807) is 24.3 Å². The molecule has 1 fully saturated rings. The van der Waals surface area contributed by atoms with E-state index in [0.717, 1.165) is 10.0 Å². The molecule has 0 unspecified atom stereocenters. The van der Waals surface area contributed by atoms with E-state index in [1.165, 1.54) is 4.31 Å². The molecule has 0 aromatic heterocycles. The van der Waals surface area contributed by atoms with Crippen LogP contribution in [0.25, 0.3) is 0 Å². The van der Waals surface area contributed by atoms with Gasteiger partial charge in [0.1, 0.15) is 0 Å². The van der Waals surface area contributed by atoms with Crippen molar-refractivity contribution < 1.29 is 17.9 Å². The van der Waals surface area contributed by atoms with Crippen molar-refractivity contribution in [3.63, 3.8) is 0 Å². The number of amides is 1. The zero-order valence-corrected chi connectivity index (χ0v) is 17.8. The first-order valence-electron chi connectivity index (χ1n) is 8.84. The van der Waals surface area contributed by atoms with Crippen LogP contribution >= 0.6 is 15.9 Å². The molecule has 9 heteroatoms. The summed E-state index contributed by atoms with van der Waals surface area (Å²) in [6.07, 6.45) is 0. The van der Waals surface area contributed by atoms with E-state index >= 15 is 0 Å². The second-order valence-corrected chi connectivity index (χ2v) is 9.20. The summed E-state index contributed by atoms with van der Waals surface area (Å²) in [6, 6.07) is 12.0. The van der Waals surface area contributed by atoms with Gasteiger partial charge in [-0.05, 0) is 48.9 Å². The first-order chi connectivity index (χ1) is 13.4. The lowest BCUT2D eigenvalue weighted by Crippen LogP contribution is -2.40. The molecule has 1 heterocycles. The Morgan fingerprint density at radius 3 is 2.61 bits per heavy atom. The summed E-state index contributed by atoms with van der Waals surface area (Å²) in [5.41, 5.74) is 2.29. The Labute approximate surface area is 173 Å². The maximum absolute atomic E-state index is 12.7. The summed E-state index contributed by atoms with van der Waals surface area (Å²) >= 11 is 3.42. The van der Waals surface area contributed by atoms with E-state index < -0.39 is 10.0 Å². The highest BCUT2D eigenvalue weighted by atomic mass is 79.9. The Hall–Kier alpha value is -1.94. The van der Waals surface area contributed by atoms with E-state index in [1.807, 2.05) is 25.1 Å². The van der Waals surface area contributed by atoms with Gasteiger partial charge in [-0.1, -0.05) is 22.0 Å². The third-order valence-electron chi connectivity index (χ3n) is 4.34. The van der Waals surface area contributed by atoms with Crippen molar-refractivity contribution in [2.45, 2.75) is 11.8 Å². The van der Waals surface area contributed by atoms with E-state index in [0.29, 0.717) is 37.7 Å². The Morgan fingerprint density at radius 2 is 1.89 bits per heavy atom. The number of hydrogen-bond acceptors (Lipinski definition) is 5. The number of benzene rings is 2. The molecule has 1 aliphatic rings. The van der Waals surface area contributed by atoms with Crippen LogP contribution in [0.4, 0.5) is 11.4 Å². The Balaban J connectivity index is 1.62. The molecule has 0 spiro atoms. The van der Waals surface area contributed by atoms with Crippen molar-refractivity contribution in [3.05, 3.63) is 52.5 Å². The van der Waals surface area contributed by atoms with Crippen LogP contribution in [0.2, 0.25) is 0 Å². The fraction of sp³-hybridized carbons (Fsp3) is 0.316. The summed E-state index contributed by atoms with van der Waals surface area (Å²) in [7, 11) is -3.57. The van der Waals surface area contributed by atoms with Gasteiger partial charge in [-0.3, -0.25) is 4.79 Å². The molecule has 2 N–H and O–H groups in total. The smallest absolute Gasteiger partial charge is 0.243 e. The number of nitrogens with zero attached hydrogens (tertiary/aromatic N) is 1. The lowest BCUT2D eigenvalue weighted by molar-refractivity contribution is -0.114. The molecule has 0 aliphatic carbocycles. The first-order valence-corrected chi connectivity index (χ1v) is 11.1. The van der Waals surface area contributed by atoms with E-state index in [2.05, 4.69) is 26.6 Å². The van der Waals surface area contributed by atoms with Crippen LogP contribution in [0.5, 0.6) is 0 Å².